The van der Waals surface area contributed by atoms with Crippen LogP contribution in [0.25, 0.3) is 0 Å². The molecule has 1 rings (SSSR count). The number of nitrogens with two attached hydrogens (primary N) is 1. The lowest BCUT2D eigenvalue weighted by Crippen LogP contribution is -2.20. The van der Waals surface area contributed by atoms with Crippen molar-refractivity contribution in [2.45, 2.75) is 66.1 Å². The van der Waals surface area contributed by atoms with Crippen LogP contribution in [-0.4, -0.2) is 13.0 Å². The second-order valence-corrected chi connectivity index (χ2v) is 6.55. The van der Waals surface area contributed by atoms with Crippen molar-refractivity contribution in [1.29, 1.82) is 0 Å². The molecule has 22 heavy (non-hydrogen) atoms. The Hall–Kier alpha value is -1.06. The SMILES string of the molecule is CCC(C)C(CCC(C)C)c1ccc(OC(C)OCN)cc1. The molecule has 0 aliphatic rings. The highest BCUT2D eigenvalue weighted by atomic mass is 16.7. The molecule has 0 aromatic heterocycles. The normalized spacial score (nSPS) is 15.6. The molecule has 0 saturated carbocycles. The molecule has 0 spiro atoms. The van der Waals surface area contributed by atoms with Crippen molar-refractivity contribution < 1.29 is 9.47 Å². The third-order valence-electron chi connectivity index (χ3n) is 4.33. The predicted molar refractivity (Wildman–Crippen MR) is 92.9 cm³/mol. The summed E-state index contributed by atoms with van der Waals surface area (Å²) < 4.78 is 10.9. The van der Waals surface area contributed by atoms with Crippen LogP contribution in [-0.2, 0) is 4.74 Å². The Bertz CT molecular complexity index is 402. The van der Waals surface area contributed by atoms with Gasteiger partial charge in [-0.3, -0.25) is 0 Å². The van der Waals surface area contributed by atoms with Crippen molar-refractivity contribution in [1.82, 2.24) is 0 Å². The fourth-order valence-electron chi connectivity index (χ4n) is 2.73. The highest BCUT2D eigenvalue weighted by Crippen LogP contribution is 2.33. The van der Waals surface area contributed by atoms with Crippen molar-refractivity contribution in [3.05, 3.63) is 29.8 Å². The minimum absolute atomic E-state index is 0.171. The van der Waals surface area contributed by atoms with Gasteiger partial charge in [0.15, 0.2) is 6.29 Å². The van der Waals surface area contributed by atoms with E-state index in [-0.39, 0.29) is 13.0 Å². The van der Waals surface area contributed by atoms with Crippen LogP contribution in [0.1, 0.15) is 65.4 Å². The molecule has 0 saturated heterocycles. The first kappa shape index (κ1) is 19.0. The second kappa shape index (κ2) is 9.86. The van der Waals surface area contributed by atoms with E-state index in [2.05, 4.69) is 39.8 Å². The summed E-state index contributed by atoms with van der Waals surface area (Å²) in [6, 6.07) is 8.47. The molecule has 3 atom stereocenters. The summed E-state index contributed by atoms with van der Waals surface area (Å²) in [5.41, 5.74) is 6.76. The zero-order valence-electron chi connectivity index (χ0n) is 14.8. The summed E-state index contributed by atoms with van der Waals surface area (Å²) in [6.45, 7) is 11.2. The third-order valence-corrected chi connectivity index (χ3v) is 4.33. The van der Waals surface area contributed by atoms with E-state index in [0.29, 0.717) is 11.8 Å². The largest absolute Gasteiger partial charge is 0.465 e. The van der Waals surface area contributed by atoms with Crippen LogP contribution in [0.2, 0.25) is 0 Å². The number of rotatable bonds is 10. The van der Waals surface area contributed by atoms with Gasteiger partial charge in [-0.25, -0.2) is 0 Å². The van der Waals surface area contributed by atoms with Crippen molar-refractivity contribution in [3.8, 4) is 5.75 Å². The molecule has 1 aromatic rings. The number of hydrogen-bond donors (Lipinski definition) is 1. The van der Waals surface area contributed by atoms with Crippen molar-refractivity contribution in [2.75, 3.05) is 6.73 Å². The summed E-state index contributed by atoms with van der Waals surface area (Å²) in [7, 11) is 0. The molecular formula is C19H33NO2. The summed E-state index contributed by atoms with van der Waals surface area (Å²) in [5, 5.41) is 0. The van der Waals surface area contributed by atoms with Gasteiger partial charge in [0.1, 0.15) is 5.75 Å². The average Bonchev–Trinajstić information content (AvgIpc) is 2.48. The van der Waals surface area contributed by atoms with Gasteiger partial charge in [0.05, 0.1) is 6.73 Å². The minimum atomic E-state index is -0.317. The Morgan fingerprint density at radius 1 is 1.00 bits per heavy atom. The quantitative estimate of drug-likeness (QED) is 0.625. The fourth-order valence-corrected chi connectivity index (χ4v) is 2.73. The van der Waals surface area contributed by atoms with Crippen LogP contribution < -0.4 is 10.5 Å². The minimum Gasteiger partial charge on any atom is -0.465 e. The Labute approximate surface area is 136 Å². The molecule has 3 nitrogen and oxygen atoms in total. The standard InChI is InChI=1S/C19H33NO2/c1-6-15(4)19(12-7-14(2)3)17-8-10-18(11-9-17)22-16(5)21-13-20/h8-11,14-16,19H,6-7,12-13,20H2,1-5H3. The molecule has 2 N–H and O–H groups in total. The monoisotopic (exact) mass is 307 g/mol. The van der Waals surface area contributed by atoms with Crippen LogP contribution in [0, 0.1) is 11.8 Å². The summed E-state index contributed by atoms with van der Waals surface area (Å²) in [5.74, 6) is 2.91. The molecular weight excluding hydrogens is 274 g/mol. The molecule has 0 radical (unpaired) electrons. The molecule has 1 aromatic carbocycles. The van der Waals surface area contributed by atoms with Crippen LogP contribution in [0.4, 0.5) is 0 Å². The van der Waals surface area contributed by atoms with E-state index in [1.54, 1.807) is 0 Å². The van der Waals surface area contributed by atoms with Gasteiger partial charge in [0, 0.05) is 0 Å². The maximum Gasteiger partial charge on any atom is 0.198 e. The Morgan fingerprint density at radius 2 is 1.64 bits per heavy atom. The van der Waals surface area contributed by atoms with E-state index >= 15 is 0 Å². The smallest absolute Gasteiger partial charge is 0.198 e. The maximum absolute atomic E-state index is 5.67. The molecule has 0 aliphatic heterocycles. The molecule has 0 fully saturated rings. The van der Waals surface area contributed by atoms with E-state index in [1.807, 2.05) is 19.1 Å². The van der Waals surface area contributed by atoms with Gasteiger partial charge >= 0.3 is 0 Å². The molecule has 3 unspecified atom stereocenters. The van der Waals surface area contributed by atoms with Crippen LogP contribution >= 0.6 is 0 Å². The maximum atomic E-state index is 5.67. The Balaban J connectivity index is 2.74. The summed E-state index contributed by atoms with van der Waals surface area (Å²) in [4.78, 5) is 0. The van der Waals surface area contributed by atoms with Crippen LogP contribution in [0.5, 0.6) is 5.75 Å². The van der Waals surface area contributed by atoms with E-state index in [1.165, 1.54) is 24.8 Å². The lowest BCUT2D eigenvalue weighted by atomic mass is 9.81. The Morgan fingerprint density at radius 3 is 2.14 bits per heavy atom. The van der Waals surface area contributed by atoms with Crippen LogP contribution in [0.15, 0.2) is 24.3 Å². The van der Waals surface area contributed by atoms with Crippen molar-refractivity contribution in [2.24, 2.45) is 17.6 Å². The number of benzene rings is 1. The first-order chi connectivity index (χ1) is 10.5. The van der Waals surface area contributed by atoms with Gasteiger partial charge in [0.25, 0.3) is 0 Å². The van der Waals surface area contributed by atoms with E-state index in [9.17, 15) is 0 Å². The number of hydrogen-bond acceptors (Lipinski definition) is 3. The molecule has 0 amide bonds. The van der Waals surface area contributed by atoms with Crippen molar-refractivity contribution >= 4 is 0 Å². The van der Waals surface area contributed by atoms with Gasteiger partial charge in [-0.2, -0.15) is 0 Å². The second-order valence-electron chi connectivity index (χ2n) is 6.55. The lowest BCUT2D eigenvalue weighted by molar-refractivity contribution is -0.0641. The fraction of sp³-hybridized carbons (Fsp3) is 0.684. The summed E-state index contributed by atoms with van der Waals surface area (Å²) in [6.07, 6.45) is 3.42. The molecule has 0 aliphatic carbocycles. The zero-order valence-corrected chi connectivity index (χ0v) is 14.8. The first-order valence-electron chi connectivity index (χ1n) is 8.56. The highest BCUT2D eigenvalue weighted by Gasteiger charge is 2.18. The highest BCUT2D eigenvalue weighted by molar-refractivity contribution is 5.30. The number of ether oxygens (including phenoxy) is 2. The molecule has 126 valence electrons. The molecule has 3 heteroatoms. The van der Waals surface area contributed by atoms with E-state index in [4.69, 9.17) is 15.2 Å². The topological polar surface area (TPSA) is 44.5 Å². The zero-order chi connectivity index (χ0) is 16.5. The van der Waals surface area contributed by atoms with Gasteiger partial charge in [-0.15, -0.1) is 0 Å². The predicted octanol–water partition coefficient (Wildman–Crippen LogP) is 4.91. The third kappa shape index (κ3) is 6.37. The van der Waals surface area contributed by atoms with Gasteiger partial charge in [0.2, 0.25) is 0 Å². The Kier molecular flexibility index (Phi) is 8.51. The van der Waals surface area contributed by atoms with Gasteiger partial charge < -0.3 is 15.2 Å². The average molecular weight is 307 g/mol. The molecule has 0 heterocycles. The van der Waals surface area contributed by atoms with Crippen LogP contribution in [0.3, 0.4) is 0 Å². The molecule has 0 bridgehead atoms. The summed E-state index contributed by atoms with van der Waals surface area (Å²) >= 11 is 0. The lowest BCUT2D eigenvalue weighted by Gasteiger charge is -2.25. The van der Waals surface area contributed by atoms with Gasteiger partial charge in [-0.1, -0.05) is 52.7 Å². The van der Waals surface area contributed by atoms with Gasteiger partial charge in [-0.05, 0) is 48.8 Å². The van der Waals surface area contributed by atoms with E-state index in [0.717, 1.165) is 11.7 Å². The first-order valence-corrected chi connectivity index (χ1v) is 8.56. The van der Waals surface area contributed by atoms with Crippen molar-refractivity contribution in [3.63, 3.8) is 0 Å². The van der Waals surface area contributed by atoms with E-state index < -0.39 is 0 Å².